The zero-order valence-corrected chi connectivity index (χ0v) is 17.2. The summed E-state index contributed by atoms with van der Waals surface area (Å²) >= 11 is 0. The minimum Gasteiger partial charge on any atom is -0.496 e. The van der Waals surface area contributed by atoms with Gasteiger partial charge in [-0.3, -0.25) is 0 Å². The van der Waals surface area contributed by atoms with Crippen LogP contribution < -0.4 is 9.88 Å². The molecule has 0 saturated heterocycles. The molecule has 1 saturated carbocycles. The molecule has 4 nitrogen and oxygen atoms in total. The molecule has 2 N–H and O–H groups in total. The van der Waals surface area contributed by atoms with Gasteiger partial charge in [-0.05, 0) is 71.1 Å². The number of methoxy groups -OCH3 is 1. The van der Waals surface area contributed by atoms with Gasteiger partial charge in [-0.25, -0.2) is 13.6 Å². The van der Waals surface area contributed by atoms with Gasteiger partial charge in [0, 0.05) is 0 Å². The quantitative estimate of drug-likeness (QED) is 0.717. The minimum atomic E-state index is -4.51. The van der Waals surface area contributed by atoms with Gasteiger partial charge >= 0.3 is 6.18 Å². The molecule has 0 heterocycles. The third-order valence-electron chi connectivity index (χ3n) is 5.95. The van der Waals surface area contributed by atoms with Crippen LogP contribution in [0, 0.1) is 5.41 Å². The summed E-state index contributed by atoms with van der Waals surface area (Å²) in [4.78, 5) is 0. The number of rotatable bonds is 5. The van der Waals surface area contributed by atoms with Crippen molar-refractivity contribution in [3.8, 4) is 5.75 Å². The Bertz CT molecular complexity index is 1120. The van der Waals surface area contributed by atoms with E-state index >= 15 is 0 Å². The third kappa shape index (κ3) is 4.25. The second kappa shape index (κ2) is 7.13. The lowest BCUT2D eigenvalue weighted by Gasteiger charge is -2.15. The molecule has 8 heteroatoms. The predicted molar refractivity (Wildman–Crippen MR) is 109 cm³/mol. The number of sulfonamides is 1. The summed E-state index contributed by atoms with van der Waals surface area (Å²) < 4.78 is 68.1. The molecule has 0 amide bonds. The van der Waals surface area contributed by atoms with Crippen molar-refractivity contribution in [1.29, 1.82) is 0 Å². The second-order valence-electron chi connectivity index (χ2n) is 8.23. The molecule has 2 aliphatic rings. The lowest BCUT2D eigenvalue weighted by molar-refractivity contribution is -0.138. The first-order valence-corrected chi connectivity index (χ1v) is 11.3. The first-order chi connectivity index (χ1) is 14.0. The number of alkyl halides is 3. The van der Waals surface area contributed by atoms with Crippen molar-refractivity contribution in [2.45, 2.75) is 37.6 Å². The molecule has 0 aromatic heterocycles. The molecular formula is C22H22F3NO3S. The Hall–Kier alpha value is -2.32. The molecule has 1 spiro atoms. The Balaban J connectivity index is 1.76. The molecule has 0 atom stereocenters. The molecule has 2 aliphatic carbocycles. The zero-order chi connectivity index (χ0) is 21.7. The molecule has 2 aromatic rings. The monoisotopic (exact) mass is 437 g/mol. The van der Waals surface area contributed by atoms with Crippen LogP contribution in [0.15, 0.2) is 42.5 Å². The average Bonchev–Trinajstić information content (AvgIpc) is 3.30. The van der Waals surface area contributed by atoms with Gasteiger partial charge < -0.3 is 4.74 Å². The maximum atomic E-state index is 13.5. The highest BCUT2D eigenvalue weighted by Crippen LogP contribution is 2.63. The Morgan fingerprint density at radius 3 is 2.07 bits per heavy atom. The molecule has 4 rings (SSSR count). The highest BCUT2D eigenvalue weighted by molar-refractivity contribution is 7.88. The number of nitrogens with two attached hydrogens (primary N) is 1. The first-order valence-electron chi connectivity index (χ1n) is 9.57. The van der Waals surface area contributed by atoms with Gasteiger partial charge in [0.1, 0.15) is 5.75 Å². The van der Waals surface area contributed by atoms with E-state index in [1.54, 1.807) is 18.2 Å². The summed E-state index contributed by atoms with van der Waals surface area (Å²) in [7, 11) is -2.40. The van der Waals surface area contributed by atoms with E-state index in [-0.39, 0.29) is 16.9 Å². The van der Waals surface area contributed by atoms with E-state index in [1.165, 1.54) is 19.2 Å². The maximum absolute atomic E-state index is 13.5. The molecule has 0 aliphatic heterocycles. The zero-order valence-electron chi connectivity index (χ0n) is 16.4. The van der Waals surface area contributed by atoms with Crippen molar-refractivity contribution < 1.29 is 26.3 Å². The molecule has 30 heavy (non-hydrogen) atoms. The summed E-state index contributed by atoms with van der Waals surface area (Å²) in [6.45, 7) is 0. The molecule has 0 bridgehead atoms. The van der Waals surface area contributed by atoms with Gasteiger partial charge in [-0.15, -0.1) is 0 Å². The van der Waals surface area contributed by atoms with Crippen molar-refractivity contribution in [3.63, 3.8) is 0 Å². The van der Waals surface area contributed by atoms with E-state index in [0.29, 0.717) is 11.1 Å². The van der Waals surface area contributed by atoms with E-state index in [4.69, 9.17) is 9.88 Å². The second-order valence-corrected chi connectivity index (χ2v) is 9.84. The predicted octanol–water partition coefficient (Wildman–Crippen LogP) is 4.99. The molecule has 2 aromatic carbocycles. The number of benzene rings is 2. The van der Waals surface area contributed by atoms with Crippen molar-refractivity contribution >= 4 is 21.2 Å². The van der Waals surface area contributed by atoms with Crippen LogP contribution in [0.1, 0.15) is 47.9 Å². The van der Waals surface area contributed by atoms with Crippen molar-refractivity contribution in [1.82, 2.24) is 0 Å². The van der Waals surface area contributed by atoms with Gasteiger partial charge in [-0.1, -0.05) is 30.3 Å². The van der Waals surface area contributed by atoms with Crippen LogP contribution in [-0.2, 0) is 22.0 Å². The summed E-state index contributed by atoms with van der Waals surface area (Å²) in [6.07, 6.45) is -0.833. The van der Waals surface area contributed by atoms with Crippen molar-refractivity contribution in [2.24, 2.45) is 10.6 Å². The van der Waals surface area contributed by atoms with E-state index in [2.05, 4.69) is 0 Å². The fourth-order valence-electron chi connectivity index (χ4n) is 4.26. The summed E-state index contributed by atoms with van der Waals surface area (Å²) in [5.41, 5.74) is 3.32. The van der Waals surface area contributed by atoms with Crippen molar-refractivity contribution in [2.75, 3.05) is 7.11 Å². The maximum Gasteiger partial charge on any atom is 0.419 e. The molecule has 0 radical (unpaired) electrons. The number of hydrogen-bond donors (Lipinski definition) is 1. The van der Waals surface area contributed by atoms with Crippen LogP contribution in [-0.4, -0.2) is 15.5 Å². The Morgan fingerprint density at radius 2 is 1.57 bits per heavy atom. The summed E-state index contributed by atoms with van der Waals surface area (Å²) in [6, 6.07) is 11.3. The Morgan fingerprint density at radius 1 is 1.00 bits per heavy atom. The van der Waals surface area contributed by atoms with Gasteiger partial charge in [0.2, 0.25) is 10.0 Å². The smallest absolute Gasteiger partial charge is 0.419 e. The molecule has 0 unspecified atom stereocenters. The lowest BCUT2D eigenvalue weighted by atomic mass is 9.95. The number of ether oxygens (including phenoxy) is 1. The minimum absolute atomic E-state index is 0.141. The van der Waals surface area contributed by atoms with Crippen LogP contribution in [0.5, 0.6) is 5.75 Å². The Kier molecular flexibility index (Phi) is 4.97. The van der Waals surface area contributed by atoms with Gasteiger partial charge in [0.25, 0.3) is 0 Å². The average molecular weight is 437 g/mol. The van der Waals surface area contributed by atoms with Crippen LogP contribution in [0.4, 0.5) is 13.2 Å². The third-order valence-corrected chi connectivity index (χ3v) is 6.68. The van der Waals surface area contributed by atoms with E-state index < -0.39 is 21.8 Å². The van der Waals surface area contributed by atoms with Crippen LogP contribution in [0.25, 0.3) is 11.1 Å². The van der Waals surface area contributed by atoms with Crippen molar-refractivity contribution in [3.05, 3.63) is 64.7 Å². The summed E-state index contributed by atoms with van der Waals surface area (Å²) in [5.74, 6) is -0.448. The largest absolute Gasteiger partial charge is 0.496 e. The highest BCUT2D eigenvalue weighted by Gasteiger charge is 2.48. The fraction of sp³-hybridized carbons (Fsp3) is 0.364. The van der Waals surface area contributed by atoms with Gasteiger partial charge in [0.15, 0.2) is 0 Å². The number of hydrogen-bond acceptors (Lipinski definition) is 3. The fourth-order valence-corrected chi connectivity index (χ4v) is 4.92. The number of primary sulfonamides is 1. The molecular weight excluding hydrogens is 415 g/mol. The van der Waals surface area contributed by atoms with Crippen LogP contribution in [0.2, 0.25) is 0 Å². The Labute approximate surface area is 173 Å². The normalized spacial score (nSPS) is 18.2. The SMILES string of the molecule is COc1ccc(C2=C(c3ccc(CS(N)(=O)=O)cc3)CC3(CC3)C2)cc1C(F)(F)F. The van der Waals surface area contributed by atoms with Gasteiger partial charge in [-0.2, -0.15) is 13.2 Å². The topological polar surface area (TPSA) is 69.4 Å². The lowest BCUT2D eigenvalue weighted by Crippen LogP contribution is -2.14. The van der Waals surface area contributed by atoms with Crippen LogP contribution in [0.3, 0.4) is 0 Å². The number of allylic oxidation sites excluding steroid dienone is 2. The van der Waals surface area contributed by atoms with E-state index in [9.17, 15) is 21.6 Å². The number of halogens is 3. The summed E-state index contributed by atoms with van der Waals surface area (Å²) in [5, 5.41) is 5.10. The first kappa shape index (κ1) is 20.9. The van der Waals surface area contributed by atoms with E-state index in [1.807, 2.05) is 12.1 Å². The molecule has 160 valence electrons. The van der Waals surface area contributed by atoms with Crippen LogP contribution >= 0.6 is 0 Å². The highest BCUT2D eigenvalue weighted by atomic mass is 32.2. The van der Waals surface area contributed by atoms with Gasteiger partial charge in [0.05, 0.1) is 18.4 Å². The molecule has 1 fully saturated rings. The standard InChI is InChI=1S/C22H22F3NO3S/c1-29-20-7-6-16(10-19(20)22(23,24)25)18-12-21(8-9-21)11-17(18)15-4-2-14(3-5-15)13-30(26,27)28/h2-7,10H,8-9,11-13H2,1H3,(H2,26,27,28). The van der Waals surface area contributed by atoms with E-state index in [0.717, 1.165) is 42.4 Å².